The summed E-state index contributed by atoms with van der Waals surface area (Å²) in [5.74, 6) is -0.633. The molecule has 0 aromatic heterocycles. The van der Waals surface area contributed by atoms with E-state index in [0.717, 1.165) is 30.9 Å². The van der Waals surface area contributed by atoms with Crippen molar-refractivity contribution in [3.63, 3.8) is 0 Å². The number of ether oxygens (including phenoxy) is 2. The lowest BCUT2D eigenvalue weighted by atomic mass is 10.1. The van der Waals surface area contributed by atoms with Crippen molar-refractivity contribution in [2.24, 2.45) is 0 Å². The smallest absolute Gasteiger partial charge is 0.276 e. The number of hydrogen-bond acceptors (Lipinski definition) is 6. The van der Waals surface area contributed by atoms with Crippen molar-refractivity contribution >= 4 is 17.7 Å². The van der Waals surface area contributed by atoms with Crippen LogP contribution in [0.5, 0.6) is 0 Å². The Balaban J connectivity index is 1.29. The number of amides is 3. The molecule has 2 atom stereocenters. The second-order valence-electron chi connectivity index (χ2n) is 7.30. The molecule has 0 bridgehead atoms. The first-order valence-corrected chi connectivity index (χ1v) is 9.89. The van der Waals surface area contributed by atoms with E-state index < -0.39 is 0 Å². The van der Waals surface area contributed by atoms with Gasteiger partial charge in [-0.3, -0.25) is 14.4 Å². The summed E-state index contributed by atoms with van der Waals surface area (Å²) in [4.78, 5) is 38.9. The summed E-state index contributed by atoms with van der Waals surface area (Å²) in [5.41, 5.74) is 3.74. The Morgan fingerprint density at radius 1 is 1.07 bits per heavy atom. The van der Waals surface area contributed by atoms with Gasteiger partial charge in [0.25, 0.3) is 11.8 Å². The molecule has 3 amide bonds. The van der Waals surface area contributed by atoms with Crippen LogP contribution in [0.1, 0.15) is 52.8 Å². The third-order valence-corrected chi connectivity index (χ3v) is 5.51. The van der Waals surface area contributed by atoms with Crippen LogP contribution in [0.4, 0.5) is 0 Å². The first kappa shape index (κ1) is 19.0. The molecule has 8 nitrogen and oxygen atoms in total. The molecular formula is C20H25N3O5. The molecular weight excluding hydrogens is 362 g/mol. The monoisotopic (exact) mass is 387 g/mol. The third kappa shape index (κ3) is 3.80. The topological polar surface area (TPSA) is 88.2 Å². The number of hydrazine groups is 1. The molecule has 0 spiro atoms. The predicted molar refractivity (Wildman–Crippen MR) is 99.2 cm³/mol. The highest BCUT2D eigenvalue weighted by Gasteiger charge is 2.37. The van der Waals surface area contributed by atoms with E-state index in [1.54, 1.807) is 29.2 Å². The molecule has 28 heavy (non-hydrogen) atoms. The average molecular weight is 387 g/mol. The fourth-order valence-corrected chi connectivity index (χ4v) is 3.97. The number of benzene rings is 1. The lowest BCUT2D eigenvalue weighted by Crippen LogP contribution is -2.49. The van der Waals surface area contributed by atoms with Crippen LogP contribution in [-0.2, 0) is 14.3 Å². The number of likely N-dealkylation sites (tertiary alicyclic amines) is 1. The molecule has 8 heteroatoms. The minimum Gasteiger partial charge on any atom is -0.353 e. The molecule has 0 unspecified atom stereocenters. The highest BCUT2D eigenvalue weighted by atomic mass is 16.7. The van der Waals surface area contributed by atoms with Crippen LogP contribution in [-0.4, -0.2) is 66.3 Å². The van der Waals surface area contributed by atoms with Gasteiger partial charge in [-0.1, -0.05) is 12.1 Å². The lowest BCUT2D eigenvalue weighted by molar-refractivity contribution is -0.166. The Labute approximate surface area is 163 Å². The summed E-state index contributed by atoms with van der Waals surface area (Å²) in [7, 11) is 0. The zero-order chi connectivity index (χ0) is 19.5. The maximum atomic E-state index is 12.4. The summed E-state index contributed by atoms with van der Waals surface area (Å²) in [5, 5.41) is 1.05. The Kier molecular flexibility index (Phi) is 5.70. The van der Waals surface area contributed by atoms with Crippen molar-refractivity contribution in [3.05, 3.63) is 35.4 Å². The van der Waals surface area contributed by atoms with Crippen LogP contribution < -0.4 is 5.43 Å². The van der Waals surface area contributed by atoms with Gasteiger partial charge in [-0.15, -0.1) is 0 Å². The molecule has 1 N–H and O–H groups in total. The van der Waals surface area contributed by atoms with Crippen molar-refractivity contribution in [2.75, 3.05) is 26.3 Å². The van der Waals surface area contributed by atoms with Crippen LogP contribution in [0.15, 0.2) is 24.3 Å². The number of hydrogen-bond donors (Lipinski definition) is 1. The molecule has 0 saturated carbocycles. The minimum absolute atomic E-state index is 0.0716. The van der Waals surface area contributed by atoms with Gasteiger partial charge in [-0.2, -0.15) is 0 Å². The maximum Gasteiger partial charge on any atom is 0.276 e. The summed E-state index contributed by atoms with van der Waals surface area (Å²) < 4.78 is 11.3. The van der Waals surface area contributed by atoms with Gasteiger partial charge < -0.3 is 14.4 Å². The maximum absolute atomic E-state index is 12.4. The van der Waals surface area contributed by atoms with Crippen LogP contribution >= 0.6 is 0 Å². The standard InChI is InChI=1S/C20H25N3O5/c24-17-9-8-14(22(17)10-12-28-18-7-3-4-11-27-18)13-21-23-19(25)15-5-1-2-6-16(15)20(23)26/h1-2,5-6,14,18,21H,3-4,7-13H2/t14-,18-/m0/s1. The molecule has 1 aromatic rings. The number of carbonyl (C=O) groups excluding carboxylic acids is 3. The van der Waals surface area contributed by atoms with Gasteiger partial charge in [0.2, 0.25) is 5.91 Å². The number of nitrogens with one attached hydrogen (secondary N) is 1. The number of carbonyl (C=O) groups is 3. The molecule has 0 aliphatic carbocycles. The molecule has 2 fully saturated rings. The Hall–Kier alpha value is -2.29. The van der Waals surface area contributed by atoms with E-state index in [1.165, 1.54) is 0 Å². The number of nitrogens with zero attached hydrogens (tertiary/aromatic N) is 2. The number of imide groups is 1. The molecule has 4 rings (SSSR count). The summed E-state index contributed by atoms with van der Waals surface area (Å²) in [6, 6.07) is 6.69. The zero-order valence-electron chi connectivity index (χ0n) is 15.8. The predicted octanol–water partition coefficient (Wildman–Crippen LogP) is 1.32. The van der Waals surface area contributed by atoms with E-state index in [1.807, 2.05) is 0 Å². The van der Waals surface area contributed by atoms with E-state index in [4.69, 9.17) is 9.47 Å². The molecule has 3 aliphatic heterocycles. The van der Waals surface area contributed by atoms with Crippen LogP contribution in [0.25, 0.3) is 0 Å². The number of fused-ring (bicyclic) bond motifs is 1. The van der Waals surface area contributed by atoms with Crippen molar-refractivity contribution in [2.45, 2.75) is 44.4 Å². The van der Waals surface area contributed by atoms with Gasteiger partial charge >= 0.3 is 0 Å². The van der Waals surface area contributed by atoms with E-state index in [-0.39, 0.29) is 30.1 Å². The van der Waals surface area contributed by atoms with Gasteiger partial charge in [-0.25, -0.2) is 10.4 Å². The normalized spacial score (nSPS) is 24.9. The van der Waals surface area contributed by atoms with E-state index >= 15 is 0 Å². The molecule has 3 aliphatic rings. The minimum atomic E-state index is -0.353. The molecule has 3 heterocycles. The lowest BCUT2D eigenvalue weighted by Gasteiger charge is -2.28. The summed E-state index contributed by atoms with van der Waals surface area (Å²) >= 11 is 0. The van der Waals surface area contributed by atoms with Crippen molar-refractivity contribution in [1.29, 1.82) is 0 Å². The van der Waals surface area contributed by atoms with Crippen LogP contribution in [0.3, 0.4) is 0 Å². The average Bonchev–Trinajstić information content (AvgIpc) is 3.19. The fourth-order valence-electron chi connectivity index (χ4n) is 3.97. The first-order chi connectivity index (χ1) is 13.6. The zero-order valence-corrected chi connectivity index (χ0v) is 15.8. The van der Waals surface area contributed by atoms with Crippen molar-refractivity contribution in [1.82, 2.24) is 15.3 Å². The van der Waals surface area contributed by atoms with Crippen LogP contribution in [0.2, 0.25) is 0 Å². The largest absolute Gasteiger partial charge is 0.353 e. The molecule has 150 valence electrons. The number of rotatable bonds is 7. The fraction of sp³-hybridized carbons (Fsp3) is 0.550. The van der Waals surface area contributed by atoms with Gasteiger partial charge in [0.1, 0.15) is 0 Å². The van der Waals surface area contributed by atoms with Gasteiger partial charge in [0.05, 0.1) is 17.7 Å². The SMILES string of the molecule is O=C1c2ccccc2C(=O)N1NC[C@@H]1CCC(=O)N1CCO[C@H]1CCCCO1. The molecule has 0 radical (unpaired) electrons. The van der Waals surface area contributed by atoms with Crippen LogP contribution in [0, 0.1) is 0 Å². The second-order valence-corrected chi connectivity index (χ2v) is 7.30. The third-order valence-electron chi connectivity index (χ3n) is 5.51. The van der Waals surface area contributed by atoms with E-state index in [2.05, 4.69) is 5.43 Å². The second kappa shape index (κ2) is 8.38. The Morgan fingerprint density at radius 2 is 1.82 bits per heavy atom. The van der Waals surface area contributed by atoms with E-state index in [0.29, 0.717) is 43.7 Å². The first-order valence-electron chi connectivity index (χ1n) is 9.89. The van der Waals surface area contributed by atoms with E-state index in [9.17, 15) is 14.4 Å². The summed E-state index contributed by atoms with van der Waals surface area (Å²) in [6.07, 6.45) is 4.03. The van der Waals surface area contributed by atoms with Crippen molar-refractivity contribution in [3.8, 4) is 0 Å². The Morgan fingerprint density at radius 3 is 2.50 bits per heavy atom. The quantitative estimate of drug-likeness (QED) is 0.710. The van der Waals surface area contributed by atoms with Crippen molar-refractivity contribution < 1.29 is 23.9 Å². The van der Waals surface area contributed by atoms with Gasteiger partial charge in [0.15, 0.2) is 6.29 Å². The Bertz CT molecular complexity index is 727. The summed E-state index contributed by atoms with van der Waals surface area (Å²) in [6.45, 7) is 1.96. The highest BCUT2D eigenvalue weighted by Crippen LogP contribution is 2.22. The molecule has 2 saturated heterocycles. The molecule has 1 aromatic carbocycles. The van der Waals surface area contributed by atoms with Gasteiger partial charge in [-0.05, 0) is 37.8 Å². The van der Waals surface area contributed by atoms with Gasteiger partial charge in [0, 0.05) is 32.2 Å². The highest BCUT2D eigenvalue weighted by molar-refractivity contribution is 6.20.